The Bertz CT molecular complexity index is 181. The summed E-state index contributed by atoms with van der Waals surface area (Å²) < 4.78 is 4.65. The van der Waals surface area contributed by atoms with E-state index in [4.69, 9.17) is 5.11 Å². The van der Waals surface area contributed by atoms with Gasteiger partial charge < -0.3 is 15.2 Å². The summed E-state index contributed by atoms with van der Waals surface area (Å²) in [7, 11) is 1.39. The summed E-state index contributed by atoms with van der Waals surface area (Å²) in [5.41, 5.74) is 0. The van der Waals surface area contributed by atoms with Crippen molar-refractivity contribution in [3.8, 4) is 0 Å². The first-order valence-corrected chi connectivity index (χ1v) is 4.13. The first-order valence-electron chi connectivity index (χ1n) is 4.13. The Labute approximate surface area is 77.1 Å². The van der Waals surface area contributed by atoms with Crippen molar-refractivity contribution in [2.75, 3.05) is 13.7 Å². The highest BCUT2D eigenvalue weighted by Crippen LogP contribution is 1.90. The third-order valence-corrected chi connectivity index (χ3v) is 1.44. The Hall–Kier alpha value is -1.10. The number of carbonyl (C=O) groups excluding carboxylic acids is 1. The monoisotopic (exact) mass is 189 g/mol. The van der Waals surface area contributed by atoms with E-state index in [-0.39, 0.29) is 12.5 Å². The van der Waals surface area contributed by atoms with E-state index >= 15 is 0 Å². The Morgan fingerprint density at radius 3 is 2.54 bits per heavy atom. The summed E-state index contributed by atoms with van der Waals surface area (Å²) in [5, 5.41) is 11.0. The summed E-state index contributed by atoms with van der Waals surface area (Å²) in [6, 6.07) is -0.941. The van der Waals surface area contributed by atoms with Crippen LogP contribution in [-0.2, 0) is 14.3 Å². The van der Waals surface area contributed by atoms with Crippen LogP contribution in [0.1, 0.15) is 19.8 Å². The maximum Gasteiger partial charge on any atom is 0.328 e. The van der Waals surface area contributed by atoms with E-state index in [0.29, 0.717) is 12.8 Å². The number of ether oxygens (including phenoxy) is 1. The number of amides is 1. The number of carboxylic acid groups (broad SMARTS) is 1. The van der Waals surface area contributed by atoms with Crippen molar-refractivity contribution in [3.05, 3.63) is 0 Å². The van der Waals surface area contributed by atoms with Gasteiger partial charge in [-0.3, -0.25) is 4.79 Å². The predicted octanol–water partition coefficient (Wildman–Crippen LogP) is 0.00230. The summed E-state index contributed by atoms with van der Waals surface area (Å²) in [6.07, 6.45) is 1.04. The molecule has 0 aliphatic carbocycles. The van der Waals surface area contributed by atoms with E-state index < -0.39 is 12.0 Å². The maximum absolute atomic E-state index is 11.0. The van der Waals surface area contributed by atoms with Crippen molar-refractivity contribution in [2.45, 2.75) is 25.8 Å². The number of nitrogens with one attached hydrogen (secondary N) is 1. The SMILES string of the molecule is CCCC(=O)NC(COC)C(=O)O. The largest absolute Gasteiger partial charge is 0.480 e. The smallest absolute Gasteiger partial charge is 0.328 e. The normalized spacial score (nSPS) is 12.2. The first kappa shape index (κ1) is 11.9. The van der Waals surface area contributed by atoms with Gasteiger partial charge in [-0.05, 0) is 6.42 Å². The zero-order valence-electron chi connectivity index (χ0n) is 7.87. The van der Waals surface area contributed by atoms with Crippen molar-refractivity contribution in [3.63, 3.8) is 0 Å². The van der Waals surface area contributed by atoms with Gasteiger partial charge in [0, 0.05) is 13.5 Å². The van der Waals surface area contributed by atoms with Gasteiger partial charge in [-0.15, -0.1) is 0 Å². The van der Waals surface area contributed by atoms with Crippen LogP contribution in [0.4, 0.5) is 0 Å². The number of rotatable bonds is 6. The maximum atomic E-state index is 11.0. The molecule has 1 unspecified atom stereocenters. The number of hydrogen-bond donors (Lipinski definition) is 2. The molecule has 2 N–H and O–H groups in total. The molecule has 0 heterocycles. The fourth-order valence-electron chi connectivity index (χ4n) is 0.835. The molecule has 0 rings (SSSR count). The van der Waals surface area contributed by atoms with Gasteiger partial charge in [0.25, 0.3) is 0 Å². The van der Waals surface area contributed by atoms with Crippen molar-refractivity contribution < 1.29 is 19.4 Å². The number of methoxy groups -OCH3 is 1. The van der Waals surface area contributed by atoms with Crippen LogP contribution in [0.3, 0.4) is 0 Å². The number of carboxylic acids is 1. The fourth-order valence-corrected chi connectivity index (χ4v) is 0.835. The predicted molar refractivity (Wildman–Crippen MR) is 46.4 cm³/mol. The van der Waals surface area contributed by atoms with Crippen LogP contribution in [0.2, 0.25) is 0 Å². The van der Waals surface area contributed by atoms with Crippen molar-refractivity contribution >= 4 is 11.9 Å². The molecule has 0 aromatic heterocycles. The van der Waals surface area contributed by atoms with Crippen LogP contribution in [-0.4, -0.2) is 36.7 Å². The van der Waals surface area contributed by atoms with Crippen LogP contribution in [0.5, 0.6) is 0 Å². The standard InChI is InChI=1S/C8H15NO4/c1-3-4-7(10)9-6(5-13-2)8(11)12/h6H,3-5H2,1-2H3,(H,9,10)(H,11,12). The summed E-state index contributed by atoms with van der Waals surface area (Å²) in [5.74, 6) is -1.33. The second-order valence-corrected chi connectivity index (χ2v) is 2.66. The summed E-state index contributed by atoms with van der Waals surface area (Å²) in [4.78, 5) is 21.5. The Morgan fingerprint density at radius 2 is 2.15 bits per heavy atom. The third kappa shape index (κ3) is 5.19. The van der Waals surface area contributed by atoms with Gasteiger partial charge in [-0.2, -0.15) is 0 Å². The zero-order valence-corrected chi connectivity index (χ0v) is 7.87. The average molecular weight is 189 g/mol. The molecule has 0 aromatic carbocycles. The molecule has 0 aliphatic rings. The minimum atomic E-state index is -1.08. The highest BCUT2D eigenvalue weighted by Gasteiger charge is 2.18. The second-order valence-electron chi connectivity index (χ2n) is 2.66. The van der Waals surface area contributed by atoms with E-state index in [0.717, 1.165) is 0 Å². The Kier molecular flexibility index (Phi) is 5.88. The van der Waals surface area contributed by atoms with E-state index in [2.05, 4.69) is 10.1 Å². The van der Waals surface area contributed by atoms with Crippen molar-refractivity contribution in [2.24, 2.45) is 0 Å². The molecule has 76 valence electrons. The van der Waals surface area contributed by atoms with E-state index in [1.165, 1.54) is 7.11 Å². The molecular weight excluding hydrogens is 174 g/mol. The zero-order chi connectivity index (χ0) is 10.3. The lowest BCUT2D eigenvalue weighted by Crippen LogP contribution is -2.43. The lowest BCUT2D eigenvalue weighted by molar-refractivity contribution is -0.143. The number of hydrogen-bond acceptors (Lipinski definition) is 3. The minimum Gasteiger partial charge on any atom is -0.480 e. The van der Waals surface area contributed by atoms with Crippen LogP contribution < -0.4 is 5.32 Å². The van der Waals surface area contributed by atoms with Crippen molar-refractivity contribution in [1.82, 2.24) is 5.32 Å². The molecule has 1 amide bonds. The Balaban J connectivity index is 3.94. The molecule has 0 aliphatic heterocycles. The third-order valence-electron chi connectivity index (χ3n) is 1.44. The molecule has 0 fully saturated rings. The molecule has 1 atom stereocenters. The summed E-state index contributed by atoms with van der Waals surface area (Å²) >= 11 is 0. The molecule has 0 bridgehead atoms. The van der Waals surface area contributed by atoms with Crippen molar-refractivity contribution in [1.29, 1.82) is 0 Å². The van der Waals surface area contributed by atoms with Gasteiger partial charge >= 0.3 is 5.97 Å². The number of carbonyl (C=O) groups is 2. The molecule has 0 saturated carbocycles. The molecule has 13 heavy (non-hydrogen) atoms. The topological polar surface area (TPSA) is 75.6 Å². The van der Waals surface area contributed by atoms with Gasteiger partial charge in [-0.1, -0.05) is 6.92 Å². The van der Waals surface area contributed by atoms with Crippen LogP contribution in [0.15, 0.2) is 0 Å². The van der Waals surface area contributed by atoms with Gasteiger partial charge in [-0.25, -0.2) is 4.79 Å². The van der Waals surface area contributed by atoms with Gasteiger partial charge in [0.1, 0.15) is 0 Å². The second kappa shape index (κ2) is 6.42. The highest BCUT2D eigenvalue weighted by molar-refractivity contribution is 5.83. The van der Waals surface area contributed by atoms with E-state index in [1.54, 1.807) is 0 Å². The molecule has 0 spiro atoms. The van der Waals surface area contributed by atoms with Crippen LogP contribution >= 0.6 is 0 Å². The van der Waals surface area contributed by atoms with Crippen LogP contribution in [0, 0.1) is 0 Å². The summed E-state index contributed by atoms with van der Waals surface area (Å²) in [6.45, 7) is 1.84. The minimum absolute atomic E-state index is 0.00914. The van der Waals surface area contributed by atoms with Gasteiger partial charge in [0.15, 0.2) is 6.04 Å². The van der Waals surface area contributed by atoms with E-state index in [1.807, 2.05) is 6.92 Å². The van der Waals surface area contributed by atoms with E-state index in [9.17, 15) is 9.59 Å². The van der Waals surface area contributed by atoms with Crippen LogP contribution in [0.25, 0.3) is 0 Å². The van der Waals surface area contributed by atoms with Gasteiger partial charge in [0.2, 0.25) is 5.91 Å². The molecule has 0 saturated heterocycles. The quantitative estimate of drug-likeness (QED) is 0.616. The molecule has 0 radical (unpaired) electrons. The van der Waals surface area contributed by atoms with Gasteiger partial charge in [0.05, 0.1) is 6.61 Å². The number of aliphatic carboxylic acids is 1. The fraction of sp³-hybridized carbons (Fsp3) is 0.750. The molecule has 5 heteroatoms. The lowest BCUT2D eigenvalue weighted by atomic mass is 10.2. The molecule has 5 nitrogen and oxygen atoms in total. The highest BCUT2D eigenvalue weighted by atomic mass is 16.5. The molecular formula is C8H15NO4. The molecule has 0 aromatic rings. The average Bonchev–Trinajstić information content (AvgIpc) is 2.04. The lowest BCUT2D eigenvalue weighted by Gasteiger charge is -2.12. The Morgan fingerprint density at radius 1 is 1.54 bits per heavy atom. The first-order chi connectivity index (χ1) is 6.11.